The van der Waals surface area contributed by atoms with Gasteiger partial charge in [0.1, 0.15) is 0 Å². The average molecular weight is 188 g/mol. The first-order valence-corrected chi connectivity index (χ1v) is 3.96. The standard InChI is InChI=1S/C10H8N2O2/c1-8-4-5-9(3-2-6-11)10(7-8)12(13)14/h2-5,7H,1H3. The van der Waals surface area contributed by atoms with E-state index in [0.717, 1.165) is 5.56 Å². The van der Waals surface area contributed by atoms with E-state index in [1.54, 1.807) is 25.1 Å². The molecule has 0 aliphatic rings. The molecule has 1 aromatic rings. The molecule has 0 heterocycles. The maximum absolute atomic E-state index is 10.6. The quantitative estimate of drug-likeness (QED) is 0.406. The second-order valence-corrected chi connectivity index (χ2v) is 2.78. The number of hydrogen-bond donors (Lipinski definition) is 0. The zero-order valence-electron chi connectivity index (χ0n) is 7.60. The van der Waals surface area contributed by atoms with E-state index in [1.807, 2.05) is 0 Å². The summed E-state index contributed by atoms with van der Waals surface area (Å²) in [6.07, 6.45) is 2.65. The molecule has 0 bridgehead atoms. The second kappa shape index (κ2) is 4.19. The van der Waals surface area contributed by atoms with Crippen molar-refractivity contribution in [3.63, 3.8) is 0 Å². The summed E-state index contributed by atoms with van der Waals surface area (Å²) in [7, 11) is 0. The van der Waals surface area contributed by atoms with Crippen molar-refractivity contribution in [2.45, 2.75) is 6.92 Å². The summed E-state index contributed by atoms with van der Waals surface area (Å²) < 4.78 is 0. The minimum atomic E-state index is -0.454. The Labute approximate surface area is 81.2 Å². The van der Waals surface area contributed by atoms with Gasteiger partial charge in [0.25, 0.3) is 5.69 Å². The number of nitriles is 1. The molecule has 4 nitrogen and oxygen atoms in total. The van der Waals surface area contributed by atoms with Crippen LogP contribution in [0.5, 0.6) is 0 Å². The Morgan fingerprint density at radius 1 is 1.57 bits per heavy atom. The minimum Gasteiger partial charge on any atom is -0.258 e. The van der Waals surface area contributed by atoms with Gasteiger partial charge in [-0.15, -0.1) is 0 Å². The van der Waals surface area contributed by atoms with Gasteiger partial charge in [-0.1, -0.05) is 6.07 Å². The summed E-state index contributed by atoms with van der Waals surface area (Å²) >= 11 is 0. The summed E-state index contributed by atoms with van der Waals surface area (Å²) in [6, 6.07) is 6.67. The fraction of sp³-hybridized carbons (Fsp3) is 0.100. The lowest BCUT2D eigenvalue weighted by Crippen LogP contribution is -1.91. The first-order valence-electron chi connectivity index (χ1n) is 3.96. The molecule has 70 valence electrons. The molecule has 0 fully saturated rings. The van der Waals surface area contributed by atoms with Gasteiger partial charge in [0.05, 0.1) is 16.6 Å². The van der Waals surface area contributed by atoms with Gasteiger partial charge in [-0.05, 0) is 24.6 Å². The van der Waals surface area contributed by atoms with Gasteiger partial charge in [0.2, 0.25) is 0 Å². The molecular weight excluding hydrogens is 180 g/mol. The van der Waals surface area contributed by atoms with Gasteiger partial charge in [-0.25, -0.2) is 0 Å². The van der Waals surface area contributed by atoms with Crippen LogP contribution in [0.1, 0.15) is 11.1 Å². The van der Waals surface area contributed by atoms with Crippen molar-refractivity contribution in [1.82, 2.24) is 0 Å². The third-order valence-corrected chi connectivity index (χ3v) is 1.72. The highest BCUT2D eigenvalue weighted by Crippen LogP contribution is 2.21. The smallest absolute Gasteiger partial charge is 0.258 e. The molecule has 0 saturated carbocycles. The summed E-state index contributed by atoms with van der Waals surface area (Å²) in [4.78, 5) is 10.2. The summed E-state index contributed by atoms with van der Waals surface area (Å²) in [6.45, 7) is 1.78. The molecule has 0 N–H and O–H groups in total. The zero-order valence-corrected chi connectivity index (χ0v) is 7.60. The normalized spacial score (nSPS) is 10.0. The van der Waals surface area contributed by atoms with Crippen LogP contribution in [-0.4, -0.2) is 4.92 Å². The SMILES string of the molecule is Cc1ccc(C=CC#N)c([N+](=O)[O-])c1. The Morgan fingerprint density at radius 2 is 2.29 bits per heavy atom. The van der Waals surface area contributed by atoms with Crippen molar-refractivity contribution in [2.24, 2.45) is 0 Å². The average Bonchev–Trinajstić information content (AvgIpc) is 2.15. The number of nitro benzene ring substituents is 1. The van der Waals surface area contributed by atoms with Crippen LogP contribution in [0.4, 0.5) is 5.69 Å². The van der Waals surface area contributed by atoms with E-state index in [0.29, 0.717) is 5.56 Å². The van der Waals surface area contributed by atoms with Crippen molar-refractivity contribution in [2.75, 3.05) is 0 Å². The maximum Gasteiger partial charge on any atom is 0.276 e. The number of allylic oxidation sites excluding steroid dienone is 1. The van der Waals surface area contributed by atoms with Crippen LogP contribution in [0.15, 0.2) is 24.3 Å². The predicted molar refractivity (Wildman–Crippen MR) is 52.5 cm³/mol. The Hall–Kier alpha value is -2.15. The molecule has 1 rings (SSSR count). The number of hydrogen-bond acceptors (Lipinski definition) is 3. The molecule has 0 unspecified atom stereocenters. The largest absolute Gasteiger partial charge is 0.276 e. The highest BCUT2D eigenvalue weighted by molar-refractivity contribution is 5.62. The summed E-state index contributed by atoms with van der Waals surface area (Å²) in [5.74, 6) is 0. The first-order chi connectivity index (χ1) is 6.65. The van der Waals surface area contributed by atoms with Gasteiger partial charge in [-0.3, -0.25) is 10.1 Å². The molecule has 0 atom stereocenters. The van der Waals surface area contributed by atoms with E-state index in [2.05, 4.69) is 0 Å². The Bertz CT molecular complexity index is 430. The molecule has 14 heavy (non-hydrogen) atoms. The van der Waals surface area contributed by atoms with Gasteiger partial charge in [0, 0.05) is 12.1 Å². The molecule has 4 heteroatoms. The lowest BCUT2D eigenvalue weighted by atomic mass is 10.1. The number of nitrogens with zero attached hydrogens (tertiary/aromatic N) is 2. The van der Waals surface area contributed by atoms with Gasteiger partial charge < -0.3 is 0 Å². The lowest BCUT2D eigenvalue weighted by Gasteiger charge is -1.97. The number of rotatable bonds is 2. The molecule has 0 aromatic heterocycles. The van der Waals surface area contributed by atoms with E-state index in [9.17, 15) is 10.1 Å². The Morgan fingerprint density at radius 3 is 2.86 bits per heavy atom. The lowest BCUT2D eigenvalue weighted by molar-refractivity contribution is -0.385. The number of benzene rings is 1. The molecular formula is C10H8N2O2. The number of aryl methyl sites for hydroxylation is 1. The van der Waals surface area contributed by atoms with E-state index in [1.165, 1.54) is 18.2 Å². The summed E-state index contributed by atoms with van der Waals surface area (Å²) in [5.41, 5.74) is 1.30. The van der Waals surface area contributed by atoms with Crippen molar-refractivity contribution < 1.29 is 4.92 Å². The number of nitro groups is 1. The van der Waals surface area contributed by atoms with Gasteiger partial charge in [-0.2, -0.15) is 5.26 Å². The summed E-state index contributed by atoms with van der Waals surface area (Å²) in [5, 5.41) is 18.9. The minimum absolute atomic E-state index is 0.0245. The monoisotopic (exact) mass is 188 g/mol. The fourth-order valence-electron chi connectivity index (χ4n) is 1.08. The van der Waals surface area contributed by atoms with Crippen LogP contribution in [0.25, 0.3) is 6.08 Å². The molecule has 0 saturated heterocycles. The molecule has 0 spiro atoms. The Balaban J connectivity index is 3.23. The van der Waals surface area contributed by atoms with Crippen molar-refractivity contribution in [3.8, 4) is 6.07 Å². The highest BCUT2D eigenvalue weighted by Gasteiger charge is 2.10. The fourth-order valence-corrected chi connectivity index (χ4v) is 1.08. The first kappa shape index (κ1) is 9.93. The van der Waals surface area contributed by atoms with Crippen LogP contribution in [0, 0.1) is 28.4 Å². The van der Waals surface area contributed by atoms with Gasteiger partial charge >= 0.3 is 0 Å². The third kappa shape index (κ3) is 2.17. The topological polar surface area (TPSA) is 66.9 Å². The van der Waals surface area contributed by atoms with Gasteiger partial charge in [0.15, 0.2) is 0 Å². The van der Waals surface area contributed by atoms with E-state index in [4.69, 9.17) is 5.26 Å². The van der Waals surface area contributed by atoms with Crippen LogP contribution in [0.2, 0.25) is 0 Å². The van der Waals surface area contributed by atoms with Crippen molar-refractivity contribution >= 4 is 11.8 Å². The van der Waals surface area contributed by atoms with Crippen LogP contribution in [-0.2, 0) is 0 Å². The van der Waals surface area contributed by atoms with Crippen LogP contribution in [0.3, 0.4) is 0 Å². The van der Waals surface area contributed by atoms with Crippen molar-refractivity contribution in [3.05, 3.63) is 45.5 Å². The third-order valence-electron chi connectivity index (χ3n) is 1.72. The molecule has 0 aliphatic carbocycles. The highest BCUT2D eigenvalue weighted by atomic mass is 16.6. The maximum atomic E-state index is 10.6. The van der Waals surface area contributed by atoms with E-state index in [-0.39, 0.29) is 5.69 Å². The molecule has 0 aliphatic heterocycles. The predicted octanol–water partition coefficient (Wildman–Crippen LogP) is 2.44. The van der Waals surface area contributed by atoms with Crippen LogP contribution < -0.4 is 0 Å². The van der Waals surface area contributed by atoms with E-state index < -0.39 is 4.92 Å². The van der Waals surface area contributed by atoms with E-state index >= 15 is 0 Å². The molecule has 0 radical (unpaired) electrons. The van der Waals surface area contributed by atoms with Crippen LogP contribution >= 0.6 is 0 Å². The molecule has 1 aromatic carbocycles. The Kier molecular flexibility index (Phi) is 2.97. The second-order valence-electron chi connectivity index (χ2n) is 2.78. The van der Waals surface area contributed by atoms with Crippen molar-refractivity contribution in [1.29, 1.82) is 5.26 Å². The zero-order chi connectivity index (χ0) is 10.6. The molecule has 0 amide bonds.